The number of carbonyl (C=O) groups is 5. The Kier molecular flexibility index (Phi) is 6.85. The first kappa shape index (κ1) is 27.5. The highest BCUT2D eigenvalue weighted by atomic mass is 16.6. The fourth-order valence-electron chi connectivity index (χ4n) is 8.93. The summed E-state index contributed by atoms with van der Waals surface area (Å²) in [6, 6.07) is 5.85. The first-order valence-corrected chi connectivity index (χ1v) is 14.7. The van der Waals surface area contributed by atoms with Gasteiger partial charge in [0, 0.05) is 25.4 Å². The number of carbonyl (C=O) groups excluding carboxylic acids is 5. The van der Waals surface area contributed by atoms with E-state index in [1.807, 2.05) is 39.0 Å². The van der Waals surface area contributed by atoms with Crippen LogP contribution in [0.3, 0.4) is 0 Å². The number of Topliss-reactive ketones (excluding diaryl/α,β-unsaturated/α-hetero) is 2. The Morgan fingerprint density at radius 2 is 1.73 bits per heavy atom. The molecule has 8 heteroatoms. The lowest BCUT2D eigenvalue weighted by Crippen LogP contribution is -2.43. The second kappa shape index (κ2) is 9.98. The Balaban J connectivity index is 1.33. The van der Waals surface area contributed by atoms with Gasteiger partial charge in [0.05, 0.1) is 25.0 Å². The van der Waals surface area contributed by atoms with Crippen LogP contribution in [0.25, 0.3) is 0 Å². The SMILES string of the molecule is CC(=O)N1C(=O)C2C3CC(C2C1=O)C(C1C(=O)C(c2ccc(C)cc2C)C(=O)C1C)C3CC(C)COCC1CO1. The molecule has 0 radical (unpaired) electrons. The average Bonchev–Trinajstić information content (AvgIpc) is 3.37. The molecule has 11 unspecified atom stereocenters. The zero-order valence-corrected chi connectivity index (χ0v) is 23.9. The minimum Gasteiger partial charge on any atom is -0.378 e. The molecule has 2 saturated heterocycles. The van der Waals surface area contributed by atoms with E-state index >= 15 is 0 Å². The van der Waals surface area contributed by atoms with Crippen LogP contribution in [0.5, 0.6) is 0 Å². The maximum atomic E-state index is 14.2. The summed E-state index contributed by atoms with van der Waals surface area (Å²) in [7, 11) is 0. The van der Waals surface area contributed by atoms with E-state index in [0.717, 1.165) is 34.6 Å². The van der Waals surface area contributed by atoms with Crippen LogP contribution in [0, 0.1) is 67.1 Å². The zero-order valence-electron chi connectivity index (χ0n) is 23.9. The number of benzene rings is 1. The van der Waals surface area contributed by atoms with Gasteiger partial charge in [-0.15, -0.1) is 0 Å². The molecule has 5 aliphatic rings. The van der Waals surface area contributed by atoms with E-state index < -0.39 is 41.4 Å². The first-order valence-electron chi connectivity index (χ1n) is 14.7. The van der Waals surface area contributed by atoms with Crippen molar-refractivity contribution in [3.05, 3.63) is 34.9 Å². The van der Waals surface area contributed by atoms with Crippen LogP contribution < -0.4 is 0 Å². The smallest absolute Gasteiger partial charge is 0.240 e. The van der Waals surface area contributed by atoms with Crippen LogP contribution in [-0.2, 0) is 33.4 Å². The molecule has 214 valence electrons. The van der Waals surface area contributed by atoms with Crippen LogP contribution in [0.15, 0.2) is 18.2 Å². The predicted octanol–water partition coefficient (Wildman–Crippen LogP) is 3.26. The van der Waals surface area contributed by atoms with Crippen molar-refractivity contribution in [1.29, 1.82) is 0 Å². The summed E-state index contributed by atoms with van der Waals surface area (Å²) in [6.07, 6.45) is 1.59. The van der Waals surface area contributed by atoms with Gasteiger partial charge < -0.3 is 9.47 Å². The highest BCUT2D eigenvalue weighted by Crippen LogP contribution is 2.66. The van der Waals surface area contributed by atoms with Gasteiger partial charge in [-0.2, -0.15) is 0 Å². The lowest BCUT2D eigenvalue weighted by atomic mass is 9.61. The second-order valence-corrected chi connectivity index (χ2v) is 13.1. The molecule has 3 saturated carbocycles. The number of imide groups is 3. The van der Waals surface area contributed by atoms with E-state index in [0.29, 0.717) is 19.6 Å². The van der Waals surface area contributed by atoms with Gasteiger partial charge in [-0.1, -0.05) is 37.6 Å². The Bertz CT molecular complexity index is 1280. The summed E-state index contributed by atoms with van der Waals surface area (Å²) in [5.41, 5.74) is 2.78. The number of rotatable bonds is 8. The van der Waals surface area contributed by atoms with E-state index in [4.69, 9.17) is 9.47 Å². The van der Waals surface area contributed by atoms with Crippen molar-refractivity contribution in [2.75, 3.05) is 19.8 Å². The maximum absolute atomic E-state index is 14.2. The number of ether oxygens (including phenoxy) is 2. The summed E-state index contributed by atoms with van der Waals surface area (Å²) in [6.45, 7) is 11.0. The van der Waals surface area contributed by atoms with Gasteiger partial charge in [-0.25, -0.2) is 4.90 Å². The van der Waals surface area contributed by atoms with Gasteiger partial charge in [0.2, 0.25) is 17.7 Å². The van der Waals surface area contributed by atoms with Crippen molar-refractivity contribution >= 4 is 29.3 Å². The third-order valence-corrected chi connectivity index (χ3v) is 10.5. The zero-order chi connectivity index (χ0) is 28.6. The molecule has 5 fully saturated rings. The molecule has 8 nitrogen and oxygen atoms in total. The number of aryl methyl sites for hydroxylation is 2. The number of hydrogen-bond donors (Lipinski definition) is 0. The van der Waals surface area contributed by atoms with Crippen molar-refractivity contribution in [2.45, 2.75) is 59.5 Å². The van der Waals surface area contributed by atoms with Crippen molar-refractivity contribution in [3.63, 3.8) is 0 Å². The average molecular weight is 550 g/mol. The van der Waals surface area contributed by atoms with Crippen LogP contribution in [-0.4, -0.2) is 60.1 Å². The third-order valence-electron chi connectivity index (χ3n) is 10.5. The summed E-state index contributed by atoms with van der Waals surface area (Å²) < 4.78 is 11.1. The summed E-state index contributed by atoms with van der Waals surface area (Å²) in [5, 5.41) is 0. The minimum atomic E-state index is -0.801. The molecular weight excluding hydrogens is 510 g/mol. The quantitative estimate of drug-likeness (QED) is 0.278. The first-order chi connectivity index (χ1) is 19.0. The Hall–Kier alpha value is -2.71. The number of epoxide rings is 1. The van der Waals surface area contributed by atoms with E-state index in [-0.39, 0.29) is 53.2 Å². The number of fused-ring (bicyclic) bond motifs is 5. The molecule has 1 aromatic rings. The molecule has 0 N–H and O–H groups in total. The molecule has 1 aromatic carbocycles. The maximum Gasteiger partial charge on any atom is 0.240 e. The van der Waals surface area contributed by atoms with E-state index in [1.165, 1.54) is 6.92 Å². The Labute approximate surface area is 235 Å². The lowest BCUT2D eigenvalue weighted by molar-refractivity contribution is -0.150. The van der Waals surface area contributed by atoms with Crippen LogP contribution in [0.2, 0.25) is 0 Å². The van der Waals surface area contributed by atoms with Gasteiger partial charge in [-0.05, 0) is 67.4 Å². The van der Waals surface area contributed by atoms with Crippen molar-refractivity contribution < 1.29 is 33.4 Å². The summed E-state index contributed by atoms with van der Waals surface area (Å²) >= 11 is 0. The van der Waals surface area contributed by atoms with Crippen molar-refractivity contribution in [2.24, 2.45) is 53.3 Å². The monoisotopic (exact) mass is 549 g/mol. The highest BCUT2D eigenvalue weighted by molar-refractivity contribution is 6.18. The van der Waals surface area contributed by atoms with Crippen molar-refractivity contribution in [1.82, 2.24) is 4.90 Å². The summed E-state index contributed by atoms with van der Waals surface area (Å²) in [5.74, 6) is -4.68. The summed E-state index contributed by atoms with van der Waals surface area (Å²) in [4.78, 5) is 67.8. The van der Waals surface area contributed by atoms with Crippen molar-refractivity contribution in [3.8, 4) is 0 Å². The van der Waals surface area contributed by atoms with Gasteiger partial charge in [-0.3, -0.25) is 24.0 Å². The topological polar surface area (TPSA) is 110 Å². The van der Waals surface area contributed by atoms with Gasteiger partial charge in [0.1, 0.15) is 12.0 Å². The molecule has 2 aliphatic heterocycles. The predicted molar refractivity (Wildman–Crippen MR) is 144 cm³/mol. The Morgan fingerprint density at radius 1 is 1.05 bits per heavy atom. The van der Waals surface area contributed by atoms with Gasteiger partial charge in [0.15, 0.2) is 11.6 Å². The molecule has 2 heterocycles. The number of hydrogen-bond acceptors (Lipinski definition) is 7. The van der Waals surface area contributed by atoms with Gasteiger partial charge in [0.25, 0.3) is 0 Å². The van der Waals surface area contributed by atoms with E-state index in [9.17, 15) is 24.0 Å². The molecule has 3 amide bonds. The normalized spacial score (nSPS) is 38.9. The van der Waals surface area contributed by atoms with Gasteiger partial charge >= 0.3 is 0 Å². The van der Waals surface area contributed by atoms with E-state index in [2.05, 4.69) is 6.92 Å². The fraction of sp³-hybridized carbons (Fsp3) is 0.656. The molecular formula is C32H39NO7. The third kappa shape index (κ3) is 4.21. The molecule has 0 spiro atoms. The number of likely N-dealkylation sites (tertiary alicyclic amines) is 1. The Morgan fingerprint density at radius 3 is 2.35 bits per heavy atom. The van der Waals surface area contributed by atoms with Crippen LogP contribution in [0.1, 0.15) is 56.2 Å². The molecule has 0 aromatic heterocycles. The second-order valence-electron chi connectivity index (χ2n) is 13.1. The highest BCUT2D eigenvalue weighted by Gasteiger charge is 2.70. The molecule has 3 aliphatic carbocycles. The largest absolute Gasteiger partial charge is 0.378 e. The lowest BCUT2D eigenvalue weighted by Gasteiger charge is -2.41. The number of nitrogens with zero attached hydrogens (tertiary/aromatic N) is 1. The standard InChI is InChI=1S/C32H39NO7/c1-14-6-7-20(16(3)8-14)28-29(35)17(4)24(30(28)36)25-21(9-15(2)11-39-12-19-13-40-19)22-10-23(25)27-26(22)31(37)33(18(5)34)32(27)38/h6-8,15,17,19,21-28H,9-13H2,1-5H3. The fourth-order valence-corrected chi connectivity index (χ4v) is 8.93. The van der Waals surface area contributed by atoms with Crippen LogP contribution in [0.4, 0.5) is 0 Å². The molecule has 6 rings (SSSR count). The number of amides is 3. The molecule has 11 atom stereocenters. The van der Waals surface area contributed by atoms with Crippen LogP contribution >= 0.6 is 0 Å². The molecule has 40 heavy (non-hydrogen) atoms. The minimum absolute atomic E-state index is 0.00671. The van der Waals surface area contributed by atoms with E-state index in [1.54, 1.807) is 0 Å². The molecule has 2 bridgehead atoms. The number of ketones is 2.